The van der Waals surface area contributed by atoms with Crippen LogP contribution in [0.4, 0.5) is 0 Å². The van der Waals surface area contributed by atoms with Crippen molar-refractivity contribution in [2.45, 2.75) is 6.92 Å². The highest BCUT2D eigenvalue weighted by molar-refractivity contribution is 8.18. The fourth-order valence-corrected chi connectivity index (χ4v) is 2.58. The van der Waals surface area contributed by atoms with Crippen LogP contribution in [0.25, 0.3) is 0 Å². The number of aliphatic imine (C=N–C) groups is 1. The lowest BCUT2D eigenvalue weighted by Gasteiger charge is -2.06. The molecule has 6 heteroatoms. The summed E-state index contributed by atoms with van der Waals surface area (Å²) < 4.78 is 10.3. The van der Waals surface area contributed by atoms with Crippen molar-refractivity contribution in [1.82, 2.24) is 4.90 Å². The van der Waals surface area contributed by atoms with Crippen molar-refractivity contribution < 1.29 is 14.3 Å². The average molecular weight is 334 g/mol. The third kappa shape index (κ3) is 5.17. The first-order chi connectivity index (χ1) is 10.9. The van der Waals surface area contributed by atoms with E-state index in [1.807, 2.05) is 6.92 Å². The first-order valence-corrected chi connectivity index (χ1v) is 7.75. The summed E-state index contributed by atoms with van der Waals surface area (Å²) in [5.41, 5.74) is 0.764. The Labute approximate surface area is 141 Å². The van der Waals surface area contributed by atoms with Gasteiger partial charge in [-0.25, -0.2) is 0 Å². The van der Waals surface area contributed by atoms with E-state index in [0.29, 0.717) is 28.1 Å². The van der Waals surface area contributed by atoms with Crippen LogP contribution in [0.2, 0.25) is 0 Å². The van der Waals surface area contributed by atoms with E-state index < -0.39 is 0 Å². The summed E-state index contributed by atoms with van der Waals surface area (Å²) in [5, 5.41) is 0.654. The van der Waals surface area contributed by atoms with Crippen molar-refractivity contribution in [1.29, 1.82) is 0 Å². The third-order valence-electron chi connectivity index (χ3n) is 3.07. The summed E-state index contributed by atoms with van der Waals surface area (Å²) in [6.07, 6.45) is 6.98. The van der Waals surface area contributed by atoms with Crippen molar-refractivity contribution in [2.75, 3.05) is 27.8 Å². The van der Waals surface area contributed by atoms with E-state index >= 15 is 0 Å². The molecule has 0 aromatic carbocycles. The summed E-state index contributed by atoms with van der Waals surface area (Å²) in [5.74, 6) is 1.10. The van der Waals surface area contributed by atoms with E-state index in [2.05, 4.69) is 18.2 Å². The number of methoxy groups -OCH3 is 2. The fraction of sp³-hybridized carbons (Fsp3) is 0.294. The van der Waals surface area contributed by atoms with Crippen LogP contribution < -0.4 is 0 Å². The van der Waals surface area contributed by atoms with Gasteiger partial charge >= 0.3 is 0 Å². The highest BCUT2D eigenvalue weighted by Crippen LogP contribution is 2.31. The van der Waals surface area contributed by atoms with E-state index in [9.17, 15) is 4.79 Å². The number of hydrogen-bond donors (Lipinski definition) is 0. The second kappa shape index (κ2) is 9.05. The average Bonchev–Trinajstić information content (AvgIpc) is 2.83. The van der Waals surface area contributed by atoms with Gasteiger partial charge in [-0.15, -0.1) is 6.58 Å². The van der Waals surface area contributed by atoms with Crippen molar-refractivity contribution in [3.63, 3.8) is 0 Å². The second-order valence-corrected chi connectivity index (χ2v) is 5.62. The Morgan fingerprint density at radius 3 is 2.61 bits per heavy atom. The molecule has 0 saturated carbocycles. The van der Waals surface area contributed by atoms with Gasteiger partial charge in [0.25, 0.3) is 5.91 Å². The number of likely N-dealkylation sites (N-methyl/N-ethyl adjacent to an activating group) is 1. The Hall–Kier alpha value is -2.21. The molecule has 0 bridgehead atoms. The first-order valence-electron chi connectivity index (χ1n) is 6.93. The van der Waals surface area contributed by atoms with Gasteiger partial charge in [0.1, 0.15) is 5.76 Å². The number of carbonyl (C=O) groups excluding carboxylic acids is 1. The monoisotopic (exact) mass is 334 g/mol. The molecule has 5 nitrogen and oxygen atoms in total. The van der Waals surface area contributed by atoms with Crippen LogP contribution in [0.5, 0.6) is 0 Å². The zero-order valence-corrected chi connectivity index (χ0v) is 14.8. The van der Waals surface area contributed by atoms with Gasteiger partial charge in [-0.3, -0.25) is 14.7 Å². The molecule has 23 heavy (non-hydrogen) atoms. The van der Waals surface area contributed by atoms with Gasteiger partial charge < -0.3 is 9.47 Å². The number of ether oxygens (including phenoxy) is 2. The molecule has 0 atom stereocenters. The molecule has 1 aliphatic rings. The zero-order chi connectivity index (χ0) is 17.4. The molecule has 0 aromatic heterocycles. The zero-order valence-electron chi connectivity index (χ0n) is 14.0. The maximum atomic E-state index is 12.3. The lowest BCUT2D eigenvalue weighted by molar-refractivity contribution is -0.121. The van der Waals surface area contributed by atoms with E-state index in [0.717, 1.165) is 5.57 Å². The van der Waals surface area contributed by atoms with Gasteiger partial charge in [0, 0.05) is 12.6 Å². The summed E-state index contributed by atoms with van der Waals surface area (Å²) in [4.78, 5) is 18.7. The lowest BCUT2D eigenvalue weighted by atomic mass is 10.2. The highest BCUT2D eigenvalue weighted by atomic mass is 32.2. The van der Waals surface area contributed by atoms with E-state index in [-0.39, 0.29) is 5.91 Å². The van der Waals surface area contributed by atoms with Gasteiger partial charge in [0.05, 0.1) is 31.4 Å². The van der Waals surface area contributed by atoms with E-state index in [1.165, 1.54) is 16.7 Å². The molecular formula is C17H22N2O3S. The van der Waals surface area contributed by atoms with Crippen LogP contribution in [0.3, 0.4) is 0 Å². The minimum absolute atomic E-state index is 0.0989. The van der Waals surface area contributed by atoms with Crippen molar-refractivity contribution >= 4 is 22.8 Å². The molecule has 124 valence electrons. The molecule has 0 aliphatic carbocycles. The Kier molecular flexibility index (Phi) is 7.41. The van der Waals surface area contributed by atoms with Crippen LogP contribution in [-0.4, -0.2) is 43.8 Å². The Bertz CT molecular complexity index is 615. The molecule has 0 unspecified atom stereocenters. The highest BCUT2D eigenvalue weighted by Gasteiger charge is 2.30. The molecule has 1 fully saturated rings. The SMILES string of the molecule is C=CC/N=C1/S/C(=C/C(/C=C\C(=C)OC)=C(/C)OC)C(=O)N1C. The van der Waals surface area contributed by atoms with Gasteiger partial charge in [-0.2, -0.15) is 0 Å². The quantitative estimate of drug-likeness (QED) is 0.310. The maximum Gasteiger partial charge on any atom is 0.266 e. The molecule has 0 N–H and O–H groups in total. The maximum absolute atomic E-state index is 12.3. The Morgan fingerprint density at radius 2 is 2.04 bits per heavy atom. The smallest absolute Gasteiger partial charge is 0.266 e. The van der Waals surface area contributed by atoms with Crippen LogP contribution in [0.1, 0.15) is 6.92 Å². The van der Waals surface area contributed by atoms with E-state index in [1.54, 1.807) is 45.6 Å². The number of thioether (sulfide) groups is 1. The minimum Gasteiger partial charge on any atom is -0.501 e. The molecule has 1 aliphatic heterocycles. The molecule has 1 saturated heterocycles. The number of amidine groups is 1. The summed E-state index contributed by atoms with van der Waals surface area (Å²) in [6, 6.07) is 0. The first kappa shape index (κ1) is 18.8. The summed E-state index contributed by atoms with van der Waals surface area (Å²) >= 11 is 1.33. The third-order valence-corrected chi connectivity index (χ3v) is 4.17. The van der Waals surface area contributed by atoms with Crippen LogP contribution in [-0.2, 0) is 14.3 Å². The van der Waals surface area contributed by atoms with Crippen LogP contribution in [0, 0.1) is 0 Å². The summed E-state index contributed by atoms with van der Waals surface area (Å²) in [7, 11) is 4.83. The van der Waals surface area contributed by atoms with Gasteiger partial charge in [0.15, 0.2) is 5.17 Å². The molecule has 1 amide bonds. The number of rotatable bonds is 7. The molecule has 1 rings (SSSR count). The van der Waals surface area contributed by atoms with Gasteiger partial charge in [0.2, 0.25) is 0 Å². The van der Waals surface area contributed by atoms with Gasteiger partial charge in [-0.1, -0.05) is 12.7 Å². The fourth-order valence-electron chi connectivity index (χ4n) is 1.61. The molecule has 1 heterocycles. The van der Waals surface area contributed by atoms with Crippen LogP contribution in [0.15, 0.2) is 64.5 Å². The normalized spacial score (nSPS) is 19.5. The summed E-state index contributed by atoms with van der Waals surface area (Å²) in [6.45, 7) is 9.66. The second-order valence-electron chi connectivity index (χ2n) is 4.61. The number of nitrogens with zero attached hydrogens (tertiary/aromatic N) is 2. The van der Waals surface area contributed by atoms with Crippen molar-refractivity contribution in [2.24, 2.45) is 4.99 Å². The predicted octanol–water partition coefficient (Wildman–Crippen LogP) is 3.25. The molecule has 0 aromatic rings. The van der Waals surface area contributed by atoms with Crippen molar-refractivity contribution in [3.05, 3.63) is 59.5 Å². The lowest BCUT2D eigenvalue weighted by Crippen LogP contribution is -2.24. The number of hydrogen-bond acceptors (Lipinski definition) is 5. The largest absolute Gasteiger partial charge is 0.501 e. The van der Waals surface area contributed by atoms with E-state index in [4.69, 9.17) is 9.47 Å². The number of carbonyl (C=O) groups is 1. The van der Waals surface area contributed by atoms with Crippen LogP contribution >= 0.6 is 11.8 Å². The Balaban J connectivity index is 3.13. The predicted molar refractivity (Wildman–Crippen MR) is 95.9 cm³/mol. The molecule has 0 radical (unpaired) electrons. The Morgan fingerprint density at radius 1 is 1.35 bits per heavy atom. The topological polar surface area (TPSA) is 51.1 Å². The minimum atomic E-state index is -0.0989. The number of allylic oxidation sites excluding steroid dienone is 5. The van der Waals surface area contributed by atoms with Gasteiger partial charge in [-0.05, 0) is 36.9 Å². The molecule has 0 spiro atoms. The molecular weight excluding hydrogens is 312 g/mol. The number of amides is 1. The standard InChI is InChI=1S/C17H22N2O3S/c1-7-10-18-17-19(4)16(20)15(23-17)11-14(13(3)22-6)9-8-12(2)21-5/h7-9,11H,1-2,10H2,3-6H3/b9-8-,14-13-,15-11+,18-17+. The van der Waals surface area contributed by atoms with Crippen molar-refractivity contribution in [3.8, 4) is 0 Å².